The Hall–Kier alpha value is -1.29. The van der Waals surface area contributed by atoms with Gasteiger partial charge in [-0.3, -0.25) is 4.57 Å². The Balaban J connectivity index is 0.00000338. The van der Waals surface area contributed by atoms with Crippen molar-refractivity contribution < 1.29 is 0 Å². The molecule has 26 heavy (non-hydrogen) atoms. The topological polar surface area (TPSA) is 67.1 Å². The first-order valence-corrected chi connectivity index (χ1v) is 9.70. The highest BCUT2D eigenvalue weighted by molar-refractivity contribution is 14.0. The molecule has 0 aliphatic carbocycles. The number of hydrogen-bond acceptors (Lipinski definition) is 4. The van der Waals surface area contributed by atoms with E-state index in [0.29, 0.717) is 6.54 Å². The molecular weight excluding hydrogens is 459 g/mol. The van der Waals surface area contributed by atoms with Gasteiger partial charge in [-0.1, -0.05) is 6.07 Å². The van der Waals surface area contributed by atoms with Crippen LogP contribution in [-0.4, -0.2) is 44.6 Å². The summed E-state index contributed by atoms with van der Waals surface area (Å²) in [6.45, 7) is 10.7. The lowest BCUT2D eigenvalue weighted by atomic mass is 10.2. The number of nitrogens with one attached hydrogen (secondary N) is 2. The molecule has 2 heterocycles. The van der Waals surface area contributed by atoms with Crippen LogP contribution in [0.5, 0.6) is 0 Å². The Morgan fingerprint density at radius 3 is 2.58 bits per heavy atom. The van der Waals surface area contributed by atoms with Crippen molar-refractivity contribution in [3.05, 3.63) is 42.1 Å². The molecule has 6 nitrogen and oxygen atoms in total. The Morgan fingerprint density at radius 1 is 1.27 bits per heavy atom. The van der Waals surface area contributed by atoms with Crippen molar-refractivity contribution in [2.24, 2.45) is 4.99 Å². The molecule has 0 spiro atoms. The molecule has 2 rings (SSSR count). The van der Waals surface area contributed by atoms with Gasteiger partial charge < -0.3 is 10.6 Å². The standard InChI is InChI=1S/C18H28N6S.HI/c1-6-19-17(23-13-18(3,4)25-5)22-12-15-7-8-16(21-11-15)24-10-9-20-14(24)2;/h7-11H,6,12-13H2,1-5H3,(H2,19,22,23);1H. The van der Waals surface area contributed by atoms with Crippen LogP contribution in [0.2, 0.25) is 0 Å². The molecule has 0 saturated carbocycles. The van der Waals surface area contributed by atoms with Gasteiger partial charge in [-0.15, -0.1) is 24.0 Å². The van der Waals surface area contributed by atoms with E-state index < -0.39 is 0 Å². The Morgan fingerprint density at radius 2 is 2.04 bits per heavy atom. The van der Waals surface area contributed by atoms with Gasteiger partial charge in [0.1, 0.15) is 11.6 Å². The monoisotopic (exact) mass is 488 g/mol. The second-order valence-corrected chi connectivity index (χ2v) is 7.90. The zero-order valence-corrected chi connectivity index (χ0v) is 19.3. The zero-order valence-electron chi connectivity index (χ0n) is 16.1. The van der Waals surface area contributed by atoms with E-state index in [1.807, 2.05) is 41.7 Å². The van der Waals surface area contributed by atoms with Gasteiger partial charge in [-0.2, -0.15) is 11.8 Å². The molecule has 2 N–H and O–H groups in total. The summed E-state index contributed by atoms with van der Waals surface area (Å²) >= 11 is 1.84. The Kier molecular flexibility index (Phi) is 9.42. The molecular formula is C18H29IN6S. The average molecular weight is 488 g/mol. The average Bonchev–Trinajstić information content (AvgIpc) is 3.04. The van der Waals surface area contributed by atoms with Gasteiger partial charge in [-0.25, -0.2) is 15.0 Å². The molecule has 0 bridgehead atoms. The number of aromatic nitrogens is 3. The number of imidazole rings is 1. The van der Waals surface area contributed by atoms with E-state index in [0.717, 1.165) is 36.3 Å². The summed E-state index contributed by atoms with van der Waals surface area (Å²) in [7, 11) is 0. The van der Waals surface area contributed by atoms with Gasteiger partial charge in [0.05, 0.1) is 6.54 Å². The van der Waals surface area contributed by atoms with E-state index in [9.17, 15) is 0 Å². The first kappa shape index (κ1) is 22.8. The molecule has 8 heteroatoms. The second-order valence-electron chi connectivity index (χ2n) is 6.38. The molecule has 0 radical (unpaired) electrons. The van der Waals surface area contributed by atoms with Crippen LogP contribution in [-0.2, 0) is 6.54 Å². The summed E-state index contributed by atoms with van der Waals surface area (Å²) in [4.78, 5) is 13.4. The molecule has 0 fully saturated rings. The van der Waals surface area contributed by atoms with Gasteiger partial charge in [0.25, 0.3) is 0 Å². The van der Waals surface area contributed by atoms with Crippen LogP contribution in [0.25, 0.3) is 5.82 Å². The molecule has 0 aliphatic heterocycles. The number of guanidine groups is 1. The van der Waals surface area contributed by atoms with E-state index in [4.69, 9.17) is 0 Å². The minimum absolute atomic E-state index is 0. The first-order valence-electron chi connectivity index (χ1n) is 8.48. The van der Waals surface area contributed by atoms with Crippen LogP contribution in [0, 0.1) is 6.92 Å². The van der Waals surface area contributed by atoms with E-state index in [1.54, 1.807) is 6.20 Å². The maximum absolute atomic E-state index is 4.66. The quantitative estimate of drug-likeness (QED) is 0.356. The Bertz CT molecular complexity index is 696. The van der Waals surface area contributed by atoms with Crippen molar-refractivity contribution >= 4 is 41.7 Å². The lowest BCUT2D eigenvalue weighted by molar-refractivity contribution is 0.665. The molecule has 2 aromatic rings. The van der Waals surface area contributed by atoms with Crippen LogP contribution < -0.4 is 10.6 Å². The van der Waals surface area contributed by atoms with Crippen molar-refractivity contribution in [3.63, 3.8) is 0 Å². The number of nitrogens with zero attached hydrogens (tertiary/aromatic N) is 4. The minimum atomic E-state index is 0. The normalized spacial score (nSPS) is 11.8. The van der Waals surface area contributed by atoms with Gasteiger partial charge in [0.2, 0.25) is 0 Å². The Labute approximate surface area is 177 Å². The summed E-state index contributed by atoms with van der Waals surface area (Å²) in [5.41, 5.74) is 1.07. The molecule has 0 aliphatic rings. The molecule has 144 valence electrons. The van der Waals surface area contributed by atoms with E-state index in [-0.39, 0.29) is 28.7 Å². The maximum Gasteiger partial charge on any atom is 0.191 e. The van der Waals surface area contributed by atoms with Crippen molar-refractivity contribution in [2.75, 3.05) is 19.3 Å². The van der Waals surface area contributed by atoms with Crippen LogP contribution in [0.3, 0.4) is 0 Å². The lowest BCUT2D eigenvalue weighted by Crippen LogP contribution is -2.43. The molecule has 0 amide bonds. The summed E-state index contributed by atoms with van der Waals surface area (Å²) in [5.74, 6) is 2.63. The summed E-state index contributed by atoms with van der Waals surface area (Å²) in [6, 6.07) is 4.05. The zero-order chi connectivity index (χ0) is 18.3. The van der Waals surface area contributed by atoms with Crippen molar-refractivity contribution in [1.29, 1.82) is 0 Å². The SMILES string of the molecule is CCNC(=NCc1ccc(-n2ccnc2C)nc1)NCC(C)(C)SC.I. The first-order chi connectivity index (χ1) is 11.9. The predicted molar refractivity (Wildman–Crippen MR) is 122 cm³/mol. The second kappa shape index (κ2) is 10.8. The molecule has 0 atom stereocenters. The lowest BCUT2D eigenvalue weighted by Gasteiger charge is -2.23. The molecule has 0 aromatic carbocycles. The highest BCUT2D eigenvalue weighted by Crippen LogP contribution is 2.19. The number of aliphatic imine (C=N–C) groups is 1. The van der Waals surface area contributed by atoms with E-state index >= 15 is 0 Å². The number of rotatable bonds is 7. The summed E-state index contributed by atoms with van der Waals surface area (Å²) in [6.07, 6.45) is 7.68. The number of thioether (sulfide) groups is 1. The minimum Gasteiger partial charge on any atom is -0.357 e. The molecule has 2 aromatic heterocycles. The summed E-state index contributed by atoms with van der Waals surface area (Å²) in [5, 5.41) is 6.70. The summed E-state index contributed by atoms with van der Waals surface area (Å²) < 4.78 is 2.13. The molecule has 0 saturated heterocycles. The van der Waals surface area contributed by atoms with Gasteiger partial charge in [-0.05, 0) is 45.6 Å². The fourth-order valence-corrected chi connectivity index (χ4v) is 2.37. The van der Waals surface area contributed by atoms with Gasteiger partial charge >= 0.3 is 0 Å². The van der Waals surface area contributed by atoms with Crippen molar-refractivity contribution in [3.8, 4) is 5.82 Å². The third kappa shape index (κ3) is 6.79. The maximum atomic E-state index is 4.66. The number of halogens is 1. The number of hydrogen-bond donors (Lipinski definition) is 2. The number of pyridine rings is 1. The van der Waals surface area contributed by atoms with Crippen LogP contribution in [0.15, 0.2) is 35.7 Å². The predicted octanol–water partition coefficient (Wildman–Crippen LogP) is 3.39. The van der Waals surface area contributed by atoms with Crippen LogP contribution >= 0.6 is 35.7 Å². The highest BCUT2D eigenvalue weighted by Gasteiger charge is 2.16. The van der Waals surface area contributed by atoms with Crippen molar-refractivity contribution in [1.82, 2.24) is 25.2 Å². The van der Waals surface area contributed by atoms with Crippen molar-refractivity contribution in [2.45, 2.75) is 39.0 Å². The van der Waals surface area contributed by atoms with E-state index in [1.165, 1.54) is 0 Å². The fraction of sp³-hybridized carbons (Fsp3) is 0.500. The molecule has 0 unspecified atom stereocenters. The third-order valence-electron chi connectivity index (χ3n) is 3.88. The van der Waals surface area contributed by atoms with Gasteiger partial charge in [0, 0.05) is 36.4 Å². The number of aryl methyl sites for hydroxylation is 1. The van der Waals surface area contributed by atoms with Crippen LogP contribution in [0.4, 0.5) is 0 Å². The third-order valence-corrected chi connectivity index (χ3v) is 5.13. The fourth-order valence-electron chi connectivity index (χ4n) is 2.15. The largest absolute Gasteiger partial charge is 0.357 e. The van der Waals surface area contributed by atoms with Gasteiger partial charge in [0.15, 0.2) is 5.96 Å². The smallest absolute Gasteiger partial charge is 0.191 e. The van der Waals surface area contributed by atoms with E-state index in [2.05, 4.69) is 58.7 Å². The van der Waals surface area contributed by atoms with Crippen LogP contribution in [0.1, 0.15) is 32.2 Å². The highest BCUT2D eigenvalue weighted by atomic mass is 127.